The Morgan fingerprint density at radius 3 is 1.85 bits per heavy atom. The monoisotopic (exact) mass is 486 g/mol. The van der Waals surface area contributed by atoms with Crippen molar-refractivity contribution in [3.63, 3.8) is 0 Å². The van der Waals surface area contributed by atoms with Crippen LogP contribution >= 0.6 is 23.5 Å². The summed E-state index contributed by atoms with van der Waals surface area (Å²) in [6.07, 6.45) is 16.5. The standard InChI is InChI=1S/C30H46OS2/c1-23(2)12-9-13-24(3)14-10-15-25(4)16-11-17-26(5)20-21-32-30(7,8)33-28-18-19-29(31)27(6)22-28/h12,14,16,18-20,22,31H,9-11,13,15,17,21H2,1-8H3. The Balaban J connectivity index is 2.34. The number of phenols is 1. The van der Waals surface area contributed by atoms with E-state index in [1.807, 2.05) is 36.5 Å². The minimum atomic E-state index is 0.0913. The van der Waals surface area contributed by atoms with Gasteiger partial charge in [0.25, 0.3) is 0 Å². The first-order valence-corrected chi connectivity index (χ1v) is 14.0. The number of allylic oxidation sites excluding steroid dienone is 7. The molecule has 184 valence electrons. The second-order valence-corrected chi connectivity index (χ2v) is 13.4. The Morgan fingerprint density at radius 1 is 0.818 bits per heavy atom. The molecular weight excluding hydrogens is 440 g/mol. The van der Waals surface area contributed by atoms with E-state index in [9.17, 15) is 5.11 Å². The summed E-state index contributed by atoms with van der Waals surface area (Å²) in [6, 6.07) is 5.87. The average molecular weight is 487 g/mol. The molecule has 0 aliphatic rings. The van der Waals surface area contributed by atoms with Crippen LogP contribution in [0.5, 0.6) is 5.75 Å². The molecule has 0 saturated carbocycles. The summed E-state index contributed by atoms with van der Waals surface area (Å²) >= 11 is 3.83. The van der Waals surface area contributed by atoms with Crippen molar-refractivity contribution < 1.29 is 5.11 Å². The van der Waals surface area contributed by atoms with Crippen molar-refractivity contribution in [2.45, 2.75) is 103 Å². The zero-order chi connectivity index (χ0) is 24.9. The van der Waals surface area contributed by atoms with E-state index in [2.05, 4.69) is 78.8 Å². The molecule has 0 saturated heterocycles. The zero-order valence-corrected chi connectivity index (χ0v) is 23.9. The van der Waals surface area contributed by atoms with E-state index in [0.717, 1.165) is 37.0 Å². The number of benzene rings is 1. The van der Waals surface area contributed by atoms with Crippen LogP contribution in [0, 0.1) is 6.92 Å². The second-order valence-electron chi connectivity index (χ2n) is 9.81. The minimum absolute atomic E-state index is 0.0913. The highest BCUT2D eigenvalue weighted by Gasteiger charge is 2.19. The van der Waals surface area contributed by atoms with Gasteiger partial charge in [0.2, 0.25) is 0 Å². The Hall–Kier alpha value is -1.32. The van der Waals surface area contributed by atoms with E-state index >= 15 is 0 Å². The van der Waals surface area contributed by atoms with Crippen LogP contribution in [0.2, 0.25) is 0 Å². The molecule has 0 aromatic heterocycles. The summed E-state index contributed by atoms with van der Waals surface area (Å²) in [5, 5.41) is 9.73. The van der Waals surface area contributed by atoms with Gasteiger partial charge in [-0.1, -0.05) is 46.6 Å². The Kier molecular flexibility index (Phi) is 14.0. The molecular formula is C30H46OS2. The lowest BCUT2D eigenvalue weighted by Gasteiger charge is -2.23. The van der Waals surface area contributed by atoms with E-state index < -0.39 is 0 Å². The minimum Gasteiger partial charge on any atom is -0.508 e. The highest BCUT2D eigenvalue weighted by atomic mass is 32.2. The van der Waals surface area contributed by atoms with Gasteiger partial charge in [-0.25, -0.2) is 0 Å². The zero-order valence-electron chi connectivity index (χ0n) is 22.3. The first-order valence-electron chi connectivity index (χ1n) is 12.2. The van der Waals surface area contributed by atoms with E-state index in [0.29, 0.717) is 5.75 Å². The molecule has 0 bridgehead atoms. The van der Waals surface area contributed by atoms with E-state index in [1.54, 1.807) is 6.07 Å². The van der Waals surface area contributed by atoms with Crippen molar-refractivity contribution in [3.05, 3.63) is 70.4 Å². The van der Waals surface area contributed by atoms with E-state index in [-0.39, 0.29) is 4.08 Å². The van der Waals surface area contributed by atoms with Crippen LogP contribution in [0.3, 0.4) is 0 Å². The molecule has 0 aliphatic carbocycles. The number of rotatable bonds is 14. The number of thioether (sulfide) groups is 2. The lowest BCUT2D eigenvalue weighted by Crippen LogP contribution is -2.09. The quantitative estimate of drug-likeness (QED) is 0.160. The predicted molar refractivity (Wildman–Crippen MR) is 154 cm³/mol. The van der Waals surface area contributed by atoms with Crippen LogP contribution in [0.15, 0.2) is 69.7 Å². The summed E-state index contributed by atoms with van der Waals surface area (Å²) in [5.74, 6) is 1.40. The van der Waals surface area contributed by atoms with Crippen molar-refractivity contribution in [1.29, 1.82) is 0 Å². The predicted octanol–water partition coefficient (Wildman–Crippen LogP) is 10.4. The smallest absolute Gasteiger partial charge is 0.118 e. The fourth-order valence-corrected chi connectivity index (χ4v) is 5.81. The van der Waals surface area contributed by atoms with E-state index in [1.165, 1.54) is 40.0 Å². The van der Waals surface area contributed by atoms with E-state index in [4.69, 9.17) is 0 Å². The second kappa shape index (κ2) is 15.6. The topological polar surface area (TPSA) is 20.2 Å². The molecule has 0 spiro atoms. The van der Waals surface area contributed by atoms with Gasteiger partial charge in [0, 0.05) is 10.6 Å². The highest BCUT2D eigenvalue weighted by molar-refractivity contribution is 8.18. The first-order chi connectivity index (χ1) is 15.5. The van der Waals surface area contributed by atoms with Crippen molar-refractivity contribution in [3.8, 4) is 5.75 Å². The van der Waals surface area contributed by atoms with Gasteiger partial charge in [-0.05, 0) is 118 Å². The third-order valence-corrected chi connectivity index (χ3v) is 8.16. The van der Waals surface area contributed by atoms with Crippen molar-refractivity contribution >= 4 is 23.5 Å². The van der Waals surface area contributed by atoms with Crippen LogP contribution in [0.25, 0.3) is 0 Å². The van der Waals surface area contributed by atoms with Crippen LogP contribution in [-0.4, -0.2) is 14.9 Å². The molecule has 0 amide bonds. The molecule has 0 unspecified atom stereocenters. The number of hydrogen-bond acceptors (Lipinski definition) is 3. The molecule has 0 aliphatic heterocycles. The normalized spacial score (nSPS) is 13.4. The van der Waals surface area contributed by atoms with Crippen LogP contribution in [0.4, 0.5) is 0 Å². The average Bonchev–Trinajstić information content (AvgIpc) is 2.70. The van der Waals surface area contributed by atoms with Crippen molar-refractivity contribution in [2.75, 3.05) is 5.75 Å². The van der Waals surface area contributed by atoms with Gasteiger partial charge >= 0.3 is 0 Å². The number of aryl methyl sites for hydroxylation is 1. The van der Waals surface area contributed by atoms with Gasteiger partial charge in [-0.15, -0.1) is 23.5 Å². The lowest BCUT2D eigenvalue weighted by atomic mass is 10.0. The maximum absolute atomic E-state index is 9.73. The molecule has 0 heterocycles. The lowest BCUT2D eigenvalue weighted by molar-refractivity contribution is 0.470. The first kappa shape index (κ1) is 29.7. The third-order valence-electron chi connectivity index (χ3n) is 5.55. The fraction of sp³-hybridized carbons (Fsp3) is 0.533. The van der Waals surface area contributed by atoms with Gasteiger partial charge in [0.1, 0.15) is 5.75 Å². The van der Waals surface area contributed by atoms with Gasteiger partial charge in [0.15, 0.2) is 0 Å². The van der Waals surface area contributed by atoms with Gasteiger partial charge in [0.05, 0.1) is 4.08 Å². The summed E-state index contributed by atoms with van der Waals surface area (Å²) in [5.41, 5.74) is 6.84. The van der Waals surface area contributed by atoms with Crippen LogP contribution in [0.1, 0.15) is 92.6 Å². The summed E-state index contributed by atoms with van der Waals surface area (Å²) in [4.78, 5) is 1.21. The summed E-state index contributed by atoms with van der Waals surface area (Å²) in [6.45, 7) is 17.6. The Bertz CT molecular complexity index is 852. The largest absolute Gasteiger partial charge is 0.508 e. The molecule has 0 atom stereocenters. The molecule has 1 rings (SSSR count). The van der Waals surface area contributed by atoms with Crippen LogP contribution < -0.4 is 0 Å². The van der Waals surface area contributed by atoms with Crippen molar-refractivity contribution in [1.82, 2.24) is 0 Å². The fourth-order valence-electron chi connectivity index (χ4n) is 3.38. The molecule has 1 aromatic carbocycles. The Morgan fingerprint density at radius 2 is 1.33 bits per heavy atom. The summed E-state index contributed by atoms with van der Waals surface area (Å²) in [7, 11) is 0. The molecule has 33 heavy (non-hydrogen) atoms. The molecule has 1 aromatic rings. The van der Waals surface area contributed by atoms with Gasteiger partial charge < -0.3 is 5.11 Å². The third kappa shape index (κ3) is 14.5. The van der Waals surface area contributed by atoms with Gasteiger partial charge in [-0.3, -0.25) is 0 Å². The maximum atomic E-state index is 9.73. The highest BCUT2D eigenvalue weighted by Crippen LogP contribution is 2.42. The summed E-state index contributed by atoms with van der Waals surface area (Å²) < 4.78 is 0.0913. The molecule has 1 nitrogen and oxygen atoms in total. The Labute approximate surface area is 212 Å². The number of hydrogen-bond donors (Lipinski definition) is 1. The molecule has 1 N–H and O–H groups in total. The maximum Gasteiger partial charge on any atom is 0.118 e. The molecule has 0 fully saturated rings. The SMILES string of the molecule is CC(C)=CCCC(C)=CCCC(C)=CCCC(C)=CCSC(C)(C)Sc1ccc(O)c(C)c1. The number of aromatic hydroxyl groups is 1. The van der Waals surface area contributed by atoms with Crippen LogP contribution in [-0.2, 0) is 0 Å². The van der Waals surface area contributed by atoms with Crippen molar-refractivity contribution in [2.24, 2.45) is 0 Å². The van der Waals surface area contributed by atoms with Gasteiger partial charge in [-0.2, -0.15) is 0 Å². The number of phenolic OH excluding ortho intramolecular Hbond substituents is 1. The molecule has 3 heteroatoms. The molecule has 0 radical (unpaired) electrons.